The Labute approximate surface area is 139 Å². The number of ether oxygens (including phenoxy) is 3. The lowest BCUT2D eigenvalue weighted by Crippen LogP contribution is -2.09. The van der Waals surface area contributed by atoms with Crippen molar-refractivity contribution in [3.8, 4) is 17.2 Å². The first-order chi connectivity index (χ1) is 11.7. The summed E-state index contributed by atoms with van der Waals surface area (Å²) in [5.74, 6) is 1.66. The molecule has 0 atom stereocenters. The van der Waals surface area contributed by atoms with Crippen LogP contribution in [0.15, 0.2) is 53.3 Å². The molecule has 3 rings (SSSR count). The number of methoxy groups -OCH3 is 1. The molecule has 2 aromatic carbocycles. The number of carbonyl (C=O) groups excluding carboxylic acids is 1. The fraction of sp³-hybridized carbons (Fsp3) is 0.222. The van der Waals surface area contributed by atoms with E-state index in [9.17, 15) is 4.79 Å². The molecule has 24 heavy (non-hydrogen) atoms. The molecule has 0 spiro atoms. The van der Waals surface area contributed by atoms with Crippen molar-refractivity contribution in [2.45, 2.75) is 12.8 Å². The Bertz CT molecular complexity index is 810. The van der Waals surface area contributed by atoms with Crippen molar-refractivity contribution >= 4 is 17.1 Å². The number of esters is 1. The number of fused-ring (bicyclic) bond motifs is 1. The Balaban J connectivity index is 1.41. The number of oxazole rings is 1. The summed E-state index contributed by atoms with van der Waals surface area (Å²) < 4.78 is 21.1. The number of hydrogen-bond donors (Lipinski definition) is 0. The number of benzene rings is 2. The topological polar surface area (TPSA) is 70.8 Å². The van der Waals surface area contributed by atoms with Crippen molar-refractivity contribution in [3.05, 3.63) is 48.9 Å². The molecule has 0 aliphatic rings. The van der Waals surface area contributed by atoms with Crippen LogP contribution in [0.5, 0.6) is 17.2 Å². The first kappa shape index (κ1) is 15.9. The molecule has 0 amide bonds. The van der Waals surface area contributed by atoms with E-state index in [0.717, 1.165) is 11.5 Å². The van der Waals surface area contributed by atoms with Gasteiger partial charge in [-0.1, -0.05) is 0 Å². The van der Waals surface area contributed by atoms with E-state index in [1.807, 2.05) is 24.3 Å². The second-order valence-electron chi connectivity index (χ2n) is 5.08. The summed E-state index contributed by atoms with van der Waals surface area (Å²) in [7, 11) is 1.61. The van der Waals surface area contributed by atoms with Gasteiger partial charge >= 0.3 is 5.97 Å². The van der Waals surface area contributed by atoms with Gasteiger partial charge in [0.25, 0.3) is 0 Å². The summed E-state index contributed by atoms with van der Waals surface area (Å²) in [6.45, 7) is 0.434. The van der Waals surface area contributed by atoms with Crippen LogP contribution < -0.4 is 14.2 Å². The van der Waals surface area contributed by atoms with Crippen LogP contribution in [-0.4, -0.2) is 24.7 Å². The van der Waals surface area contributed by atoms with Gasteiger partial charge in [-0.05, 0) is 42.8 Å². The van der Waals surface area contributed by atoms with Crippen LogP contribution in [0, 0.1) is 0 Å². The molecule has 3 aromatic rings. The largest absolute Gasteiger partial charge is 0.497 e. The lowest BCUT2D eigenvalue weighted by Gasteiger charge is -2.07. The van der Waals surface area contributed by atoms with E-state index in [1.165, 1.54) is 6.39 Å². The van der Waals surface area contributed by atoms with E-state index in [-0.39, 0.29) is 12.4 Å². The van der Waals surface area contributed by atoms with Gasteiger partial charge in [0.1, 0.15) is 22.8 Å². The van der Waals surface area contributed by atoms with Crippen LogP contribution in [0.1, 0.15) is 12.8 Å². The summed E-state index contributed by atoms with van der Waals surface area (Å²) in [6, 6.07) is 12.4. The van der Waals surface area contributed by atoms with E-state index in [2.05, 4.69) is 4.98 Å². The Morgan fingerprint density at radius 3 is 2.62 bits per heavy atom. The van der Waals surface area contributed by atoms with E-state index in [0.29, 0.717) is 29.9 Å². The van der Waals surface area contributed by atoms with Gasteiger partial charge in [-0.2, -0.15) is 0 Å². The minimum Gasteiger partial charge on any atom is -0.497 e. The molecule has 0 aliphatic heterocycles. The highest BCUT2D eigenvalue weighted by Gasteiger charge is 2.07. The van der Waals surface area contributed by atoms with E-state index >= 15 is 0 Å². The first-order valence-electron chi connectivity index (χ1n) is 7.55. The van der Waals surface area contributed by atoms with Crippen LogP contribution in [0.3, 0.4) is 0 Å². The molecular weight excluding hydrogens is 310 g/mol. The van der Waals surface area contributed by atoms with Gasteiger partial charge < -0.3 is 18.6 Å². The van der Waals surface area contributed by atoms with Crippen molar-refractivity contribution in [1.82, 2.24) is 4.98 Å². The molecule has 0 radical (unpaired) electrons. The van der Waals surface area contributed by atoms with Crippen molar-refractivity contribution in [2.24, 2.45) is 0 Å². The van der Waals surface area contributed by atoms with Crippen LogP contribution in [0.4, 0.5) is 0 Å². The molecule has 0 fully saturated rings. The SMILES string of the molecule is COc1ccc(OCCCC(=O)Oc2ccc3ocnc3c2)cc1. The Morgan fingerprint density at radius 2 is 1.83 bits per heavy atom. The highest BCUT2D eigenvalue weighted by atomic mass is 16.5. The molecule has 0 saturated carbocycles. The number of hydrogen-bond acceptors (Lipinski definition) is 6. The Kier molecular flexibility index (Phi) is 4.96. The zero-order valence-electron chi connectivity index (χ0n) is 13.2. The maximum Gasteiger partial charge on any atom is 0.311 e. The summed E-state index contributed by atoms with van der Waals surface area (Å²) >= 11 is 0. The average molecular weight is 327 g/mol. The molecule has 0 saturated heterocycles. The molecule has 1 aromatic heterocycles. The molecule has 0 bridgehead atoms. The van der Waals surface area contributed by atoms with Crippen LogP contribution in [0.25, 0.3) is 11.1 Å². The third-order valence-corrected chi connectivity index (χ3v) is 3.39. The molecule has 1 heterocycles. The normalized spacial score (nSPS) is 10.5. The van der Waals surface area contributed by atoms with Crippen LogP contribution in [-0.2, 0) is 4.79 Å². The van der Waals surface area contributed by atoms with Gasteiger partial charge in [0.05, 0.1) is 13.7 Å². The van der Waals surface area contributed by atoms with Crippen molar-refractivity contribution < 1.29 is 23.4 Å². The quantitative estimate of drug-likeness (QED) is 0.375. The Morgan fingerprint density at radius 1 is 1.08 bits per heavy atom. The zero-order valence-corrected chi connectivity index (χ0v) is 13.2. The van der Waals surface area contributed by atoms with Crippen molar-refractivity contribution in [3.63, 3.8) is 0 Å². The summed E-state index contributed by atoms with van der Waals surface area (Å²) in [4.78, 5) is 15.9. The minimum absolute atomic E-state index is 0.271. The first-order valence-corrected chi connectivity index (χ1v) is 7.55. The van der Waals surface area contributed by atoms with E-state index in [4.69, 9.17) is 18.6 Å². The number of carbonyl (C=O) groups is 1. The maximum atomic E-state index is 11.8. The number of nitrogens with zero attached hydrogens (tertiary/aromatic N) is 1. The van der Waals surface area contributed by atoms with Gasteiger partial charge in [0.15, 0.2) is 12.0 Å². The average Bonchev–Trinajstić information content (AvgIpc) is 3.07. The third kappa shape index (κ3) is 4.04. The lowest BCUT2D eigenvalue weighted by atomic mass is 10.3. The number of rotatable bonds is 7. The van der Waals surface area contributed by atoms with Crippen LogP contribution in [0.2, 0.25) is 0 Å². The summed E-state index contributed by atoms with van der Waals surface area (Å²) in [5, 5.41) is 0. The highest BCUT2D eigenvalue weighted by Crippen LogP contribution is 2.20. The monoisotopic (exact) mass is 327 g/mol. The molecule has 0 unspecified atom stereocenters. The van der Waals surface area contributed by atoms with E-state index < -0.39 is 0 Å². The summed E-state index contributed by atoms with van der Waals surface area (Å²) in [6.07, 6.45) is 2.19. The van der Waals surface area contributed by atoms with Gasteiger partial charge in [-0.15, -0.1) is 0 Å². The Hall–Kier alpha value is -3.02. The number of aromatic nitrogens is 1. The molecular formula is C18H17NO5. The summed E-state index contributed by atoms with van der Waals surface area (Å²) in [5.41, 5.74) is 1.31. The zero-order chi connectivity index (χ0) is 16.8. The minimum atomic E-state index is -0.309. The van der Waals surface area contributed by atoms with E-state index in [1.54, 1.807) is 25.3 Å². The second-order valence-corrected chi connectivity index (χ2v) is 5.08. The van der Waals surface area contributed by atoms with Gasteiger partial charge in [-0.25, -0.2) is 4.98 Å². The smallest absolute Gasteiger partial charge is 0.311 e. The predicted molar refractivity (Wildman–Crippen MR) is 87.4 cm³/mol. The van der Waals surface area contributed by atoms with Crippen molar-refractivity contribution in [2.75, 3.05) is 13.7 Å². The van der Waals surface area contributed by atoms with Gasteiger partial charge in [0, 0.05) is 12.5 Å². The van der Waals surface area contributed by atoms with Gasteiger partial charge in [0.2, 0.25) is 0 Å². The predicted octanol–water partition coefficient (Wildman–Crippen LogP) is 3.60. The fourth-order valence-electron chi connectivity index (χ4n) is 2.16. The third-order valence-electron chi connectivity index (χ3n) is 3.39. The molecule has 0 aliphatic carbocycles. The molecule has 6 heteroatoms. The van der Waals surface area contributed by atoms with Crippen molar-refractivity contribution in [1.29, 1.82) is 0 Å². The second kappa shape index (κ2) is 7.50. The lowest BCUT2D eigenvalue weighted by molar-refractivity contribution is -0.134. The fourth-order valence-corrected chi connectivity index (χ4v) is 2.16. The van der Waals surface area contributed by atoms with Gasteiger partial charge in [-0.3, -0.25) is 4.79 Å². The highest BCUT2D eigenvalue weighted by molar-refractivity contribution is 5.77. The molecule has 0 N–H and O–H groups in total. The molecule has 124 valence electrons. The molecule has 6 nitrogen and oxygen atoms in total. The standard InChI is InChI=1S/C18H17NO5/c1-21-13-4-6-14(7-5-13)22-10-2-3-18(20)24-15-8-9-17-16(11-15)19-12-23-17/h4-9,11-12H,2-3,10H2,1H3. The van der Waals surface area contributed by atoms with Crippen LogP contribution >= 0.6 is 0 Å². The maximum absolute atomic E-state index is 11.8.